The number of rotatable bonds is 11. The number of hydrogen-bond donors (Lipinski definition) is 2. The lowest BCUT2D eigenvalue weighted by molar-refractivity contribution is -0.274. The van der Waals surface area contributed by atoms with Crippen LogP contribution in [0.3, 0.4) is 0 Å². The molecule has 0 bridgehead atoms. The van der Waals surface area contributed by atoms with Crippen LogP contribution in [0, 0.1) is 0 Å². The summed E-state index contributed by atoms with van der Waals surface area (Å²) < 4.78 is 50.2. The number of halogens is 4. The average molecular weight is 587 g/mol. The number of aromatic nitrogens is 1. The molecule has 2 heterocycles. The molecule has 1 fully saturated rings. The Labute approximate surface area is 242 Å². The molecule has 0 saturated carbocycles. The van der Waals surface area contributed by atoms with Gasteiger partial charge in [-0.3, -0.25) is 4.90 Å². The van der Waals surface area contributed by atoms with Crippen LogP contribution in [0.2, 0.25) is 5.02 Å². The summed E-state index contributed by atoms with van der Waals surface area (Å²) in [5.41, 5.74) is 9.92. The molecule has 1 saturated heterocycles. The number of nitrogens with zero attached hydrogens (tertiary/aromatic N) is 2. The second-order valence-electron chi connectivity index (χ2n) is 10.2. The summed E-state index contributed by atoms with van der Waals surface area (Å²) in [5.74, 6) is 0.574. The van der Waals surface area contributed by atoms with Gasteiger partial charge in [0.25, 0.3) is 0 Å². The van der Waals surface area contributed by atoms with E-state index in [1.165, 1.54) is 17.7 Å². The smallest absolute Gasteiger partial charge is 0.492 e. The summed E-state index contributed by atoms with van der Waals surface area (Å²) in [6.07, 6.45) is 0.0204. The van der Waals surface area contributed by atoms with Crippen molar-refractivity contribution < 1.29 is 22.6 Å². The van der Waals surface area contributed by atoms with Gasteiger partial charge in [-0.25, -0.2) is 0 Å². The van der Waals surface area contributed by atoms with Gasteiger partial charge in [-0.15, -0.1) is 13.2 Å². The van der Waals surface area contributed by atoms with Gasteiger partial charge in [0.15, 0.2) is 0 Å². The molecule has 1 atom stereocenters. The second-order valence-corrected chi connectivity index (χ2v) is 10.7. The van der Waals surface area contributed by atoms with Crippen LogP contribution in [-0.2, 0) is 13.0 Å². The van der Waals surface area contributed by atoms with E-state index in [0.717, 1.165) is 73.3 Å². The van der Waals surface area contributed by atoms with Crippen LogP contribution in [0.15, 0.2) is 72.9 Å². The van der Waals surface area contributed by atoms with Crippen molar-refractivity contribution in [1.29, 1.82) is 0 Å². The van der Waals surface area contributed by atoms with Crippen LogP contribution >= 0.6 is 11.6 Å². The third-order valence-electron chi connectivity index (χ3n) is 7.35. The highest BCUT2D eigenvalue weighted by Crippen LogP contribution is 2.36. The number of nitrogens with two attached hydrogens (primary N) is 1. The summed E-state index contributed by atoms with van der Waals surface area (Å²) in [6.45, 7) is 4.49. The molecule has 1 unspecified atom stereocenters. The van der Waals surface area contributed by atoms with Crippen molar-refractivity contribution in [3.63, 3.8) is 0 Å². The minimum absolute atomic E-state index is 0.233. The summed E-state index contributed by atoms with van der Waals surface area (Å²) in [5, 5.41) is 5.48. The van der Waals surface area contributed by atoms with Crippen molar-refractivity contribution in [2.75, 3.05) is 32.9 Å². The van der Waals surface area contributed by atoms with Crippen LogP contribution in [0.1, 0.15) is 18.4 Å². The van der Waals surface area contributed by atoms with E-state index in [1.807, 2.05) is 24.3 Å². The van der Waals surface area contributed by atoms with Crippen molar-refractivity contribution in [3.8, 4) is 22.6 Å². The lowest BCUT2D eigenvalue weighted by Crippen LogP contribution is -2.49. The van der Waals surface area contributed by atoms with Crippen molar-refractivity contribution in [3.05, 3.63) is 83.5 Å². The first kappa shape index (κ1) is 29.3. The lowest BCUT2D eigenvalue weighted by atomic mass is 9.95. The van der Waals surface area contributed by atoms with E-state index in [1.54, 1.807) is 12.1 Å². The molecule has 0 amide bonds. The number of hydrogen-bond acceptors (Lipinski definition) is 5. The van der Waals surface area contributed by atoms with Crippen LogP contribution in [-0.4, -0.2) is 54.8 Å². The first-order chi connectivity index (χ1) is 19.8. The number of ether oxygens (including phenoxy) is 2. The quantitative estimate of drug-likeness (QED) is 0.211. The Morgan fingerprint density at radius 3 is 2.41 bits per heavy atom. The van der Waals surface area contributed by atoms with Gasteiger partial charge in [-0.1, -0.05) is 35.9 Å². The molecule has 3 aromatic carbocycles. The normalized spacial score (nSPS) is 16.3. The summed E-state index contributed by atoms with van der Waals surface area (Å²) in [6, 6.07) is 20.1. The van der Waals surface area contributed by atoms with E-state index in [-0.39, 0.29) is 5.75 Å². The number of nitrogens with one attached hydrogen (secondary N) is 1. The Hall–Kier alpha value is -3.24. The Morgan fingerprint density at radius 1 is 0.976 bits per heavy atom. The largest absolute Gasteiger partial charge is 0.573 e. The fraction of sp³-hybridized carbons (Fsp3) is 0.355. The van der Waals surface area contributed by atoms with E-state index in [4.69, 9.17) is 22.1 Å². The molecular weight excluding hydrogens is 553 g/mol. The Kier molecular flexibility index (Phi) is 9.39. The summed E-state index contributed by atoms with van der Waals surface area (Å²) in [4.78, 5) is 2.34. The number of aryl methyl sites for hydroxylation is 1. The average Bonchev–Trinajstić information content (AvgIpc) is 3.33. The topological polar surface area (TPSA) is 64.7 Å². The minimum atomic E-state index is -4.72. The molecule has 218 valence electrons. The zero-order valence-corrected chi connectivity index (χ0v) is 23.4. The standard InChI is InChI=1S/C31H34ClF3N4O2/c32-24-7-11-26(12-8-24)40-18-17-38-16-13-25(37-21-38)19-23-3-1-4-29-30(23)28(20-39(29)15-2-14-36)22-5-9-27(10-6-22)41-31(33,34)35/h1,3-12,20,25,37H,2,13-19,21,36H2. The maximum atomic E-state index is 12.7. The molecule has 6 nitrogen and oxygen atoms in total. The molecule has 1 aromatic heterocycles. The SMILES string of the molecule is NCCCn1cc(-c2ccc(OC(F)(F)F)cc2)c2c(CC3CCN(CCOc4ccc(Cl)cc4)CN3)cccc21. The van der Waals surface area contributed by atoms with Gasteiger partial charge in [0.1, 0.15) is 18.1 Å². The van der Waals surface area contributed by atoms with E-state index in [2.05, 4.69) is 43.9 Å². The Bertz CT molecular complexity index is 1420. The molecule has 41 heavy (non-hydrogen) atoms. The highest BCUT2D eigenvalue weighted by molar-refractivity contribution is 6.30. The third kappa shape index (κ3) is 7.74. The van der Waals surface area contributed by atoms with Crippen LogP contribution in [0.4, 0.5) is 13.2 Å². The molecule has 5 rings (SSSR count). The molecule has 1 aliphatic heterocycles. The molecule has 1 aliphatic rings. The van der Waals surface area contributed by atoms with E-state index >= 15 is 0 Å². The van der Waals surface area contributed by atoms with Gasteiger partial charge in [-0.05, 0) is 79.4 Å². The predicted octanol–water partition coefficient (Wildman–Crippen LogP) is 6.45. The van der Waals surface area contributed by atoms with Gasteiger partial charge in [0.2, 0.25) is 0 Å². The molecule has 0 radical (unpaired) electrons. The van der Waals surface area contributed by atoms with Crippen molar-refractivity contribution in [2.24, 2.45) is 5.73 Å². The number of benzene rings is 3. The first-order valence-corrected chi connectivity index (χ1v) is 14.2. The van der Waals surface area contributed by atoms with Gasteiger partial charge in [-0.2, -0.15) is 0 Å². The van der Waals surface area contributed by atoms with Crippen LogP contribution < -0.4 is 20.5 Å². The predicted molar refractivity (Wildman–Crippen MR) is 156 cm³/mol. The molecule has 0 spiro atoms. The van der Waals surface area contributed by atoms with Crippen LogP contribution in [0.25, 0.3) is 22.0 Å². The van der Waals surface area contributed by atoms with Crippen molar-refractivity contribution >= 4 is 22.5 Å². The van der Waals surface area contributed by atoms with Gasteiger partial charge >= 0.3 is 6.36 Å². The third-order valence-corrected chi connectivity index (χ3v) is 7.60. The fourth-order valence-electron chi connectivity index (χ4n) is 5.33. The maximum absolute atomic E-state index is 12.7. The Morgan fingerprint density at radius 2 is 1.73 bits per heavy atom. The lowest BCUT2D eigenvalue weighted by Gasteiger charge is -2.33. The molecule has 4 aromatic rings. The first-order valence-electron chi connectivity index (χ1n) is 13.8. The summed E-state index contributed by atoms with van der Waals surface area (Å²) >= 11 is 5.94. The van der Waals surface area contributed by atoms with Gasteiger partial charge in [0.05, 0.1) is 0 Å². The number of alkyl halides is 3. The van der Waals surface area contributed by atoms with Crippen molar-refractivity contribution in [1.82, 2.24) is 14.8 Å². The zero-order valence-electron chi connectivity index (χ0n) is 22.7. The number of fused-ring (bicyclic) bond motifs is 1. The fourth-order valence-corrected chi connectivity index (χ4v) is 5.46. The maximum Gasteiger partial charge on any atom is 0.573 e. The monoisotopic (exact) mass is 586 g/mol. The highest BCUT2D eigenvalue weighted by Gasteiger charge is 2.31. The molecule has 3 N–H and O–H groups in total. The molecular formula is C31H34ClF3N4O2. The van der Waals surface area contributed by atoms with Crippen LogP contribution in [0.5, 0.6) is 11.5 Å². The second kappa shape index (κ2) is 13.2. The van der Waals surface area contributed by atoms with Crippen molar-refractivity contribution in [2.45, 2.75) is 38.2 Å². The highest BCUT2D eigenvalue weighted by atomic mass is 35.5. The minimum Gasteiger partial charge on any atom is -0.492 e. The zero-order chi connectivity index (χ0) is 28.8. The van der Waals surface area contributed by atoms with E-state index < -0.39 is 6.36 Å². The summed E-state index contributed by atoms with van der Waals surface area (Å²) in [7, 11) is 0. The molecule has 0 aliphatic carbocycles. The Balaban J connectivity index is 1.28. The van der Waals surface area contributed by atoms with Gasteiger partial charge in [0, 0.05) is 60.0 Å². The molecule has 10 heteroatoms. The van der Waals surface area contributed by atoms with E-state index in [9.17, 15) is 13.2 Å². The van der Waals surface area contributed by atoms with Gasteiger partial charge < -0.3 is 25.1 Å². The van der Waals surface area contributed by atoms with E-state index in [0.29, 0.717) is 24.2 Å².